The SMILES string of the molecule is C=CC[C@H](CC(=O)N1CCC[C@H]1CO)C(=O)N[C@H](CO)Cc1c[nH]c2ccccc12. The van der Waals surface area contributed by atoms with Gasteiger partial charge in [-0.25, -0.2) is 0 Å². The number of rotatable bonds is 10. The van der Waals surface area contributed by atoms with Crippen molar-refractivity contribution in [1.29, 1.82) is 0 Å². The Morgan fingerprint density at radius 2 is 2.13 bits per heavy atom. The van der Waals surface area contributed by atoms with E-state index < -0.39 is 12.0 Å². The van der Waals surface area contributed by atoms with Gasteiger partial charge in [0.2, 0.25) is 11.8 Å². The van der Waals surface area contributed by atoms with Crippen LogP contribution in [0.2, 0.25) is 0 Å². The Morgan fingerprint density at radius 3 is 2.87 bits per heavy atom. The summed E-state index contributed by atoms with van der Waals surface area (Å²) in [6.07, 6.45) is 6.12. The molecule has 7 nitrogen and oxygen atoms in total. The predicted octanol–water partition coefficient (Wildman–Crippen LogP) is 1.75. The van der Waals surface area contributed by atoms with E-state index >= 15 is 0 Å². The van der Waals surface area contributed by atoms with Gasteiger partial charge in [-0.1, -0.05) is 24.3 Å². The lowest BCUT2D eigenvalue weighted by Crippen LogP contribution is -2.44. The average Bonchev–Trinajstić information content (AvgIpc) is 3.40. The highest BCUT2D eigenvalue weighted by Crippen LogP contribution is 2.22. The van der Waals surface area contributed by atoms with E-state index in [1.165, 1.54) is 0 Å². The van der Waals surface area contributed by atoms with E-state index in [-0.39, 0.29) is 37.5 Å². The van der Waals surface area contributed by atoms with Gasteiger partial charge in [-0.15, -0.1) is 6.58 Å². The quantitative estimate of drug-likeness (QED) is 0.445. The highest BCUT2D eigenvalue weighted by molar-refractivity contribution is 5.87. The van der Waals surface area contributed by atoms with Crippen LogP contribution in [-0.4, -0.2) is 63.8 Å². The number of carbonyl (C=O) groups excluding carboxylic acids is 2. The minimum absolute atomic E-state index is 0.0543. The number of fused-ring (bicyclic) bond motifs is 1. The molecule has 4 N–H and O–H groups in total. The number of nitrogens with one attached hydrogen (secondary N) is 2. The zero-order valence-electron chi connectivity index (χ0n) is 17.2. The van der Waals surface area contributed by atoms with Crippen LogP contribution in [0.25, 0.3) is 10.9 Å². The molecule has 1 aromatic carbocycles. The number of hydrogen-bond donors (Lipinski definition) is 4. The number of benzene rings is 1. The standard InChI is InChI=1S/C23H31N3O4/c1-2-6-16(12-22(29)26-10-5-7-19(26)15-28)23(30)25-18(14-27)11-17-13-24-21-9-4-3-8-20(17)21/h2-4,8-9,13,16,18-19,24,27-28H,1,5-7,10-12,14-15H2,(H,25,30)/t16-,18+,19+/m1/s1. The summed E-state index contributed by atoms with van der Waals surface area (Å²) in [5.41, 5.74) is 2.03. The summed E-state index contributed by atoms with van der Waals surface area (Å²) < 4.78 is 0. The number of hydrogen-bond acceptors (Lipinski definition) is 4. The van der Waals surface area contributed by atoms with Crippen LogP contribution in [0, 0.1) is 5.92 Å². The molecule has 7 heteroatoms. The molecule has 3 atom stereocenters. The second kappa shape index (κ2) is 10.4. The van der Waals surface area contributed by atoms with E-state index in [0.717, 1.165) is 29.3 Å². The lowest BCUT2D eigenvalue weighted by molar-refractivity contribution is -0.137. The van der Waals surface area contributed by atoms with Crippen LogP contribution in [0.5, 0.6) is 0 Å². The molecular formula is C23H31N3O4. The topological polar surface area (TPSA) is 106 Å². The van der Waals surface area contributed by atoms with Gasteiger partial charge in [0, 0.05) is 30.1 Å². The Hall–Kier alpha value is -2.64. The first-order chi connectivity index (χ1) is 14.6. The van der Waals surface area contributed by atoms with Crippen LogP contribution in [-0.2, 0) is 16.0 Å². The monoisotopic (exact) mass is 413 g/mol. The average molecular weight is 414 g/mol. The van der Waals surface area contributed by atoms with E-state index in [1.54, 1.807) is 11.0 Å². The molecule has 2 aromatic rings. The molecule has 0 radical (unpaired) electrons. The normalized spacial score (nSPS) is 18.3. The summed E-state index contributed by atoms with van der Waals surface area (Å²) in [7, 11) is 0. The van der Waals surface area contributed by atoms with Crippen molar-refractivity contribution in [3.63, 3.8) is 0 Å². The number of H-pyrrole nitrogens is 1. The lowest BCUT2D eigenvalue weighted by atomic mass is 9.98. The second-order valence-electron chi connectivity index (χ2n) is 7.94. The van der Waals surface area contributed by atoms with E-state index in [2.05, 4.69) is 16.9 Å². The summed E-state index contributed by atoms with van der Waals surface area (Å²) in [5, 5.41) is 23.3. The minimum atomic E-state index is -0.549. The number of aliphatic hydroxyl groups is 2. The van der Waals surface area contributed by atoms with E-state index in [9.17, 15) is 19.8 Å². The number of likely N-dealkylation sites (tertiary alicyclic amines) is 1. The number of allylic oxidation sites excluding steroid dienone is 1. The highest BCUT2D eigenvalue weighted by Gasteiger charge is 2.31. The lowest BCUT2D eigenvalue weighted by Gasteiger charge is -2.26. The Morgan fingerprint density at radius 1 is 1.33 bits per heavy atom. The predicted molar refractivity (Wildman–Crippen MR) is 116 cm³/mol. The fraction of sp³-hybridized carbons (Fsp3) is 0.478. The third kappa shape index (κ3) is 5.09. The van der Waals surface area contributed by atoms with Gasteiger partial charge in [0.15, 0.2) is 0 Å². The van der Waals surface area contributed by atoms with Crippen LogP contribution in [0.15, 0.2) is 43.1 Å². The number of carbonyl (C=O) groups is 2. The molecular weight excluding hydrogens is 382 g/mol. The van der Waals surface area contributed by atoms with E-state index in [4.69, 9.17) is 0 Å². The molecule has 1 aliphatic heterocycles. The maximum atomic E-state index is 12.9. The first-order valence-electron chi connectivity index (χ1n) is 10.5. The Kier molecular flexibility index (Phi) is 7.65. The summed E-state index contributed by atoms with van der Waals surface area (Å²) in [5.74, 6) is -0.931. The zero-order chi connectivity index (χ0) is 21.5. The third-order valence-electron chi connectivity index (χ3n) is 5.86. The smallest absolute Gasteiger partial charge is 0.224 e. The first kappa shape index (κ1) is 22.1. The highest BCUT2D eigenvalue weighted by atomic mass is 16.3. The van der Waals surface area contributed by atoms with Gasteiger partial charge in [-0.05, 0) is 37.3 Å². The molecule has 1 fully saturated rings. The molecule has 1 aliphatic rings. The number of para-hydroxylation sites is 1. The Balaban J connectivity index is 1.63. The van der Waals surface area contributed by atoms with Crippen molar-refractivity contribution in [3.05, 3.63) is 48.7 Å². The van der Waals surface area contributed by atoms with Crippen LogP contribution in [0.1, 0.15) is 31.2 Å². The summed E-state index contributed by atoms with van der Waals surface area (Å²) in [4.78, 5) is 30.5. The fourth-order valence-corrected chi connectivity index (χ4v) is 4.21. The molecule has 3 rings (SSSR count). The molecule has 0 aliphatic carbocycles. The molecule has 162 valence electrons. The molecule has 1 saturated heterocycles. The summed E-state index contributed by atoms with van der Waals surface area (Å²) >= 11 is 0. The molecule has 0 unspecified atom stereocenters. The van der Waals surface area contributed by atoms with Crippen molar-refractivity contribution in [3.8, 4) is 0 Å². The Labute approximate surface area is 176 Å². The third-order valence-corrected chi connectivity index (χ3v) is 5.86. The molecule has 30 heavy (non-hydrogen) atoms. The van der Waals surface area contributed by atoms with Gasteiger partial charge in [0.25, 0.3) is 0 Å². The molecule has 2 amide bonds. The van der Waals surface area contributed by atoms with Gasteiger partial charge in [-0.3, -0.25) is 9.59 Å². The summed E-state index contributed by atoms with van der Waals surface area (Å²) in [6.45, 7) is 4.08. The molecule has 0 saturated carbocycles. The number of aromatic nitrogens is 1. The van der Waals surface area contributed by atoms with E-state index in [0.29, 0.717) is 19.4 Å². The van der Waals surface area contributed by atoms with Crippen molar-refractivity contribution < 1.29 is 19.8 Å². The van der Waals surface area contributed by atoms with Crippen molar-refractivity contribution in [2.45, 2.75) is 44.2 Å². The first-order valence-corrected chi connectivity index (χ1v) is 10.5. The van der Waals surface area contributed by atoms with Crippen LogP contribution in [0.4, 0.5) is 0 Å². The maximum absolute atomic E-state index is 12.9. The van der Waals surface area contributed by atoms with Gasteiger partial charge < -0.3 is 25.4 Å². The van der Waals surface area contributed by atoms with Crippen LogP contribution < -0.4 is 5.32 Å². The minimum Gasteiger partial charge on any atom is -0.394 e. The van der Waals surface area contributed by atoms with Crippen molar-refractivity contribution >= 4 is 22.7 Å². The largest absolute Gasteiger partial charge is 0.394 e. The Bertz CT molecular complexity index is 878. The van der Waals surface area contributed by atoms with E-state index in [1.807, 2.05) is 30.5 Å². The molecule has 0 spiro atoms. The molecule has 2 heterocycles. The van der Waals surface area contributed by atoms with Crippen molar-refractivity contribution in [1.82, 2.24) is 15.2 Å². The maximum Gasteiger partial charge on any atom is 0.224 e. The number of amides is 2. The fourth-order valence-electron chi connectivity index (χ4n) is 4.21. The van der Waals surface area contributed by atoms with Gasteiger partial charge in [0.1, 0.15) is 0 Å². The second-order valence-corrected chi connectivity index (χ2v) is 7.94. The van der Waals surface area contributed by atoms with Gasteiger partial charge >= 0.3 is 0 Å². The zero-order valence-corrected chi connectivity index (χ0v) is 17.2. The van der Waals surface area contributed by atoms with Crippen LogP contribution in [0.3, 0.4) is 0 Å². The van der Waals surface area contributed by atoms with Crippen molar-refractivity contribution in [2.24, 2.45) is 5.92 Å². The van der Waals surface area contributed by atoms with Crippen LogP contribution >= 0.6 is 0 Å². The van der Waals surface area contributed by atoms with Gasteiger partial charge in [0.05, 0.1) is 31.2 Å². The molecule has 1 aromatic heterocycles. The molecule has 0 bridgehead atoms. The van der Waals surface area contributed by atoms with Crippen molar-refractivity contribution in [2.75, 3.05) is 19.8 Å². The number of aliphatic hydroxyl groups excluding tert-OH is 2. The number of aromatic amines is 1. The summed E-state index contributed by atoms with van der Waals surface area (Å²) in [6, 6.07) is 7.29. The number of nitrogens with zero attached hydrogens (tertiary/aromatic N) is 1. The van der Waals surface area contributed by atoms with Gasteiger partial charge in [-0.2, -0.15) is 0 Å².